The van der Waals surface area contributed by atoms with Gasteiger partial charge in [-0.15, -0.1) is 0 Å². The first-order valence-electron chi connectivity index (χ1n) is 5.59. The van der Waals surface area contributed by atoms with Gasteiger partial charge >= 0.3 is 0 Å². The summed E-state index contributed by atoms with van der Waals surface area (Å²) in [6.07, 6.45) is 5.37. The lowest BCUT2D eigenvalue weighted by molar-refractivity contribution is 0.790. The van der Waals surface area contributed by atoms with E-state index in [-0.39, 0.29) is 6.04 Å². The van der Waals surface area contributed by atoms with Crippen LogP contribution in [0.15, 0.2) is 24.7 Å². The summed E-state index contributed by atoms with van der Waals surface area (Å²) in [6, 6.07) is 1.89. The Kier molecular flexibility index (Phi) is 3.15. The Morgan fingerprint density at radius 2 is 2.00 bits per heavy atom. The molecule has 0 amide bonds. The predicted octanol–water partition coefficient (Wildman–Crippen LogP) is 2.18. The van der Waals surface area contributed by atoms with Crippen LogP contribution in [-0.2, 0) is 0 Å². The van der Waals surface area contributed by atoms with Crippen molar-refractivity contribution in [1.82, 2.24) is 15.0 Å². The molecule has 0 saturated carbocycles. The van der Waals surface area contributed by atoms with Gasteiger partial charge in [-0.05, 0) is 32.4 Å². The van der Waals surface area contributed by atoms with E-state index >= 15 is 0 Å². The quantitative estimate of drug-likeness (QED) is 0.855. The normalized spacial score (nSPS) is 12.5. The molecule has 0 spiro atoms. The zero-order chi connectivity index (χ0) is 12.4. The molecule has 0 aliphatic rings. The van der Waals surface area contributed by atoms with Crippen LogP contribution in [0.5, 0.6) is 0 Å². The van der Waals surface area contributed by atoms with Crippen molar-refractivity contribution in [1.29, 1.82) is 0 Å². The zero-order valence-corrected chi connectivity index (χ0v) is 10.3. The molecule has 0 saturated heterocycles. The minimum Gasteiger partial charge on any atom is -0.324 e. The van der Waals surface area contributed by atoms with Gasteiger partial charge in [-0.3, -0.25) is 4.98 Å². The molecule has 2 N–H and O–H groups in total. The number of hydrogen-bond donors (Lipinski definition) is 1. The molecule has 0 bridgehead atoms. The Balaban J connectivity index is 2.49. The summed E-state index contributed by atoms with van der Waals surface area (Å²) in [6.45, 7) is 5.89. The summed E-state index contributed by atoms with van der Waals surface area (Å²) in [5, 5.41) is 0. The van der Waals surface area contributed by atoms with Crippen LogP contribution in [0.25, 0.3) is 11.4 Å². The maximum absolute atomic E-state index is 5.84. The van der Waals surface area contributed by atoms with Gasteiger partial charge in [-0.25, -0.2) is 9.97 Å². The van der Waals surface area contributed by atoms with Crippen LogP contribution < -0.4 is 5.73 Å². The largest absolute Gasteiger partial charge is 0.324 e. The molecule has 2 heterocycles. The van der Waals surface area contributed by atoms with Gasteiger partial charge in [0.15, 0.2) is 5.82 Å². The van der Waals surface area contributed by atoms with Gasteiger partial charge in [0.2, 0.25) is 0 Å². The van der Waals surface area contributed by atoms with Crippen LogP contribution >= 0.6 is 0 Å². The van der Waals surface area contributed by atoms with Gasteiger partial charge in [0.25, 0.3) is 0 Å². The van der Waals surface area contributed by atoms with Gasteiger partial charge < -0.3 is 5.73 Å². The molecule has 0 radical (unpaired) electrons. The second kappa shape index (κ2) is 4.59. The third-order valence-corrected chi connectivity index (χ3v) is 2.77. The van der Waals surface area contributed by atoms with E-state index in [2.05, 4.69) is 15.0 Å². The van der Waals surface area contributed by atoms with Crippen LogP contribution in [0.4, 0.5) is 0 Å². The standard InChI is InChI=1S/C13H16N4/c1-8-6-15-5-4-11(8)13-16-7-12(9(2)14)10(3)17-13/h4-7,9H,14H2,1-3H3/t9-/m0/s1. The summed E-state index contributed by atoms with van der Waals surface area (Å²) in [4.78, 5) is 12.9. The second-order valence-electron chi connectivity index (χ2n) is 4.21. The van der Waals surface area contributed by atoms with Crippen molar-refractivity contribution in [2.45, 2.75) is 26.8 Å². The Hall–Kier alpha value is -1.81. The van der Waals surface area contributed by atoms with Crippen molar-refractivity contribution in [3.05, 3.63) is 41.5 Å². The van der Waals surface area contributed by atoms with Crippen LogP contribution in [-0.4, -0.2) is 15.0 Å². The molecule has 0 unspecified atom stereocenters. The lowest BCUT2D eigenvalue weighted by atomic mass is 10.1. The average molecular weight is 228 g/mol. The fraction of sp³-hybridized carbons (Fsp3) is 0.308. The number of rotatable bonds is 2. The second-order valence-corrected chi connectivity index (χ2v) is 4.21. The van der Waals surface area contributed by atoms with E-state index in [1.165, 1.54) is 0 Å². The third-order valence-electron chi connectivity index (χ3n) is 2.77. The molecule has 1 atom stereocenters. The molecule has 0 aliphatic carbocycles. The molecule has 2 rings (SSSR count). The van der Waals surface area contributed by atoms with Crippen LogP contribution in [0.2, 0.25) is 0 Å². The van der Waals surface area contributed by atoms with Gasteiger partial charge in [-0.1, -0.05) is 0 Å². The topological polar surface area (TPSA) is 64.7 Å². The molecule has 0 aliphatic heterocycles. The van der Waals surface area contributed by atoms with E-state index in [4.69, 9.17) is 5.73 Å². The monoisotopic (exact) mass is 228 g/mol. The predicted molar refractivity (Wildman–Crippen MR) is 67.3 cm³/mol. The highest BCUT2D eigenvalue weighted by Gasteiger charge is 2.09. The van der Waals surface area contributed by atoms with E-state index in [0.29, 0.717) is 0 Å². The van der Waals surface area contributed by atoms with E-state index < -0.39 is 0 Å². The molecular formula is C13H16N4. The molecule has 2 aromatic heterocycles. The number of aryl methyl sites for hydroxylation is 2. The van der Waals surface area contributed by atoms with Gasteiger partial charge in [0.05, 0.1) is 0 Å². The smallest absolute Gasteiger partial charge is 0.159 e. The summed E-state index contributed by atoms with van der Waals surface area (Å²) in [7, 11) is 0. The lowest BCUT2D eigenvalue weighted by Crippen LogP contribution is -2.09. The number of hydrogen-bond acceptors (Lipinski definition) is 4. The molecule has 88 valence electrons. The fourth-order valence-corrected chi connectivity index (χ4v) is 1.78. The number of nitrogens with two attached hydrogens (primary N) is 1. The molecule has 2 aromatic rings. The van der Waals surface area contributed by atoms with E-state index in [1.54, 1.807) is 6.20 Å². The zero-order valence-electron chi connectivity index (χ0n) is 10.3. The van der Waals surface area contributed by atoms with Gasteiger partial charge in [0, 0.05) is 41.5 Å². The van der Waals surface area contributed by atoms with Crippen molar-refractivity contribution in [3.63, 3.8) is 0 Å². The summed E-state index contributed by atoms with van der Waals surface area (Å²) in [5.74, 6) is 0.729. The Morgan fingerprint density at radius 1 is 1.24 bits per heavy atom. The molecule has 4 nitrogen and oxygen atoms in total. The molecular weight excluding hydrogens is 212 g/mol. The third kappa shape index (κ3) is 2.31. The number of aromatic nitrogens is 3. The summed E-state index contributed by atoms with van der Waals surface area (Å²) < 4.78 is 0. The first kappa shape index (κ1) is 11.7. The van der Waals surface area contributed by atoms with Crippen molar-refractivity contribution in [2.75, 3.05) is 0 Å². The average Bonchev–Trinajstić information content (AvgIpc) is 2.29. The maximum atomic E-state index is 5.84. The minimum absolute atomic E-state index is 0.0393. The molecule has 4 heteroatoms. The van der Waals surface area contributed by atoms with Crippen molar-refractivity contribution < 1.29 is 0 Å². The lowest BCUT2D eigenvalue weighted by Gasteiger charge is -2.10. The van der Waals surface area contributed by atoms with Gasteiger partial charge in [-0.2, -0.15) is 0 Å². The summed E-state index contributed by atoms with van der Waals surface area (Å²) >= 11 is 0. The van der Waals surface area contributed by atoms with Crippen molar-refractivity contribution >= 4 is 0 Å². The van der Waals surface area contributed by atoms with E-state index in [1.807, 2.05) is 39.2 Å². The Bertz CT molecular complexity index is 535. The number of pyridine rings is 1. The first-order chi connectivity index (χ1) is 8.09. The Morgan fingerprint density at radius 3 is 2.59 bits per heavy atom. The van der Waals surface area contributed by atoms with Crippen molar-refractivity contribution in [3.8, 4) is 11.4 Å². The van der Waals surface area contributed by atoms with Gasteiger partial charge in [0.1, 0.15) is 0 Å². The van der Waals surface area contributed by atoms with Crippen LogP contribution in [0, 0.1) is 13.8 Å². The summed E-state index contributed by atoms with van der Waals surface area (Å²) in [5.41, 5.74) is 9.84. The highest BCUT2D eigenvalue weighted by molar-refractivity contribution is 5.58. The first-order valence-corrected chi connectivity index (χ1v) is 5.59. The highest BCUT2D eigenvalue weighted by atomic mass is 14.9. The maximum Gasteiger partial charge on any atom is 0.159 e. The Labute approximate surface area is 101 Å². The van der Waals surface area contributed by atoms with Crippen LogP contribution in [0.1, 0.15) is 29.8 Å². The molecule has 0 fully saturated rings. The molecule has 0 aromatic carbocycles. The minimum atomic E-state index is -0.0393. The highest BCUT2D eigenvalue weighted by Crippen LogP contribution is 2.20. The van der Waals surface area contributed by atoms with E-state index in [9.17, 15) is 0 Å². The number of nitrogens with zero attached hydrogens (tertiary/aromatic N) is 3. The molecule has 17 heavy (non-hydrogen) atoms. The SMILES string of the molecule is Cc1cnccc1-c1ncc([C@H](C)N)c(C)n1. The van der Waals surface area contributed by atoms with Crippen molar-refractivity contribution in [2.24, 2.45) is 5.73 Å². The fourth-order valence-electron chi connectivity index (χ4n) is 1.78. The van der Waals surface area contributed by atoms with Crippen LogP contribution in [0.3, 0.4) is 0 Å². The van der Waals surface area contributed by atoms with E-state index in [0.717, 1.165) is 28.2 Å².